The monoisotopic (exact) mass is 279 g/mol. The number of carboxylic acid groups (broad SMARTS) is 1. The van der Waals surface area contributed by atoms with Crippen molar-refractivity contribution in [2.45, 2.75) is 19.2 Å². The number of carboxylic acids is 1. The first-order valence-electron chi connectivity index (χ1n) is 4.88. The molecule has 0 aliphatic carbocycles. The average molecular weight is 279 g/mol. The van der Waals surface area contributed by atoms with E-state index < -0.39 is 40.2 Å². The molecule has 0 aliphatic heterocycles. The number of ether oxygens (including phenoxy) is 1. The minimum atomic E-state index is -4.73. The maximum Gasteiger partial charge on any atom is 0.416 e. The van der Waals surface area contributed by atoms with Gasteiger partial charge in [0, 0.05) is 6.07 Å². The number of hydrogen-bond acceptors (Lipinski definition) is 4. The third-order valence-electron chi connectivity index (χ3n) is 2.13. The number of benzene rings is 1. The van der Waals surface area contributed by atoms with Crippen LogP contribution in [0.1, 0.15) is 12.5 Å². The molecule has 0 saturated heterocycles. The van der Waals surface area contributed by atoms with Crippen molar-refractivity contribution in [3.8, 4) is 5.75 Å². The molecular formula is C10H8F3NO5. The Morgan fingerprint density at radius 3 is 2.47 bits per heavy atom. The second-order valence-corrected chi connectivity index (χ2v) is 3.54. The lowest BCUT2D eigenvalue weighted by atomic mass is 10.2. The van der Waals surface area contributed by atoms with E-state index in [4.69, 9.17) is 9.84 Å². The number of nitro benzene ring substituents is 1. The molecular weight excluding hydrogens is 271 g/mol. The Bertz CT molecular complexity index is 514. The predicted molar refractivity (Wildman–Crippen MR) is 55.8 cm³/mol. The lowest BCUT2D eigenvalue weighted by molar-refractivity contribution is -0.386. The Labute approximate surface area is 104 Å². The Kier molecular flexibility index (Phi) is 3.98. The highest BCUT2D eigenvalue weighted by Gasteiger charge is 2.33. The number of rotatable bonds is 4. The SMILES string of the molecule is CC(Oc1ccc(C(F)(F)F)cc1[N+](=O)[O-])C(=O)O. The summed E-state index contributed by atoms with van der Waals surface area (Å²) in [4.78, 5) is 20.1. The van der Waals surface area contributed by atoms with Crippen molar-refractivity contribution in [3.63, 3.8) is 0 Å². The number of hydrogen-bond donors (Lipinski definition) is 1. The van der Waals surface area contributed by atoms with Gasteiger partial charge in [-0.25, -0.2) is 4.79 Å². The largest absolute Gasteiger partial charge is 0.479 e. The van der Waals surface area contributed by atoms with Crippen molar-refractivity contribution in [2.75, 3.05) is 0 Å². The molecule has 9 heteroatoms. The van der Waals surface area contributed by atoms with E-state index in [9.17, 15) is 28.1 Å². The second kappa shape index (κ2) is 5.12. The van der Waals surface area contributed by atoms with E-state index in [1.165, 1.54) is 0 Å². The van der Waals surface area contributed by atoms with Gasteiger partial charge in [0.1, 0.15) is 0 Å². The fourth-order valence-electron chi connectivity index (χ4n) is 1.18. The van der Waals surface area contributed by atoms with Gasteiger partial charge in [0.05, 0.1) is 10.5 Å². The molecule has 104 valence electrons. The number of nitro groups is 1. The van der Waals surface area contributed by atoms with E-state index in [-0.39, 0.29) is 0 Å². The van der Waals surface area contributed by atoms with Gasteiger partial charge in [-0.15, -0.1) is 0 Å². The zero-order valence-electron chi connectivity index (χ0n) is 9.47. The minimum Gasteiger partial charge on any atom is -0.479 e. The number of carbonyl (C=O) groups is 1. The van der Waals surface area contributed by atoms with Crippen LogP contribution in [0.25, 0.3) is 0 Å². The predicted octanol–water partition coefficient (Wildman–Crippen LogP) is 2.47. The Morgan fingerprint density at radius 1 is 1.47 bits per heavy atom. The van der Waals surface area contributed by atoms with E-state index in [0.29, 0.717) is 12.1 Å². The van der Waals surface area contributed by atoms with Crippen molar-refractivity contribution in [1.29, 1.82) is 0 Å². The number of halogens is 3. The molecule has 0 radical (unpaired) electrons. The Hall–Kier alpha value is -2.32. The smallest absolute Gasteiger partial charge is 0.416 e. The third kappa shape index (κ3) is 3.57. The maximum absolute atomic E-state index is 12.4. The van der Waals surface area contributed by atoms with Crippen LogP contribution in [0.2, 0.25) is 0 Å². The zero-order valence-corrected chi connectivity index (χ0v) is 9.47. The molecule has 0 spiro atoms. The molecule has 1 N–H and O–H groups in total. The van der Waals surface area contributed by atoms with Crippen LogP contribution >= 0.6 is 0 Å². The molecule has 0 amide bonds. The second-order valence-electron chi connectivity index (χ2n) is 3.54. The molecule has 0 fully saturated rings. The highest BCUT2D eigenvalue weighted by Crippen LogP contribution is 2.36. The molecule has 1 atom stereocenters. The molecule has 1 unspecified atom stereocenters. The van der Waals surface area contributed by atoms with Crippen molar-refractivity contribution in [1.82, 2.24) is 0 Å². The molecule has 19 heavy (non-hydrogen) atoms. The summed E-state index contributed by atoms with van der Waals surface area (Å²) in [5, 5.41) is 19.2. The van der Waals surface area contributed by atoms with Crippen molar-refractivity contribution < 1.29 is 32.7 Å². The van der Waals surface area contributed by atoms with Crippen LogP contribution in [0, 0.1) is 10.1 Å². The standard InChI is InChI=1S/C10H8F3NO5/c1-5(9(15)16)19-8-3-2-6(10(11,12)13)4-7(8)14(17)18/h2-5H,1H3,(H,15,16). The highest BCUT2D eigenvalue weighted by molar-refractivity contribution is 5.72. The summed E-state index contributed by atoms with van der Waals surface area (Å²) in [6.07, 6.45) is -6.16. The van der Waals surface area contributed by atoms with E-state index >= 15 is 0 Å². The van der Waals surface area contributed by atoms with Crippen LogP contribution in [0.3, 0.4) is 0 Å². The van der Waals surface area contributed by atoms with E-state index in [1.54, 1.807) is 0 Å². The van der Waals surface area contributed by atoms with E-state index in [2.05, 4.69) is 0 Å². The zero-order chi connectivity index (χ0) is 14.8. The van der Waals surface area contributed by atoms with Crippen LogP contribution in [-0.4, -0.2) is 22.1 Å². The molecule has 6 nitrogen and oxygen atoms in total. The van der Waals surface area contributed by atoms with E-state index in [1.807, 2.05) is 0 Å². The normalized spacial score (nSPS) is 12.8. The number of aliphatic carboxylic acids is 1. The third-order valence-corrected chi connectivity index (χ3v) is 2.13. The first kappa shape index (κ1) is 14.7. The quantitative estimate of drug-likeness (QED) is 0.675. The van der Waals surface area contributed by atoms with Crippen LogP contribution in [-0.2, 0) is 11.0 Å². The molecule has 0 aromatic heterocycles. The first-order chi connectivity index (χ1) is 8.62. The maximum atomic E-state index is 12.4. The fourth-order valence-corrected chi connectivity index (χ4v) is 1.18. The first-order valence-corrected chi connectivity index (χ1v) is 4.88. The van der Waals surface area contributed by atoms with Gasteiger partial charge in [-0.1, -0.05) is 0 Å². The van der Waals surface area contributed by atoms with Gasteiger partial charge in [0.2, 0.25) is 0 Å². The Balaban J connectivity index is 3.19. The lowest BCUT2D eigenvalue weighted by Gasteiger charge is -2.12. The van der Waals surface area contributed by atoms with Crippen LogP contribution in [0.4, 0.5) is 18.9 Å². The molecule has 0 bridgehead atoms. The van der Waals surface area contributed by atoms with Crippen molar-refractivity contribution >= 4 is 11.7 Å². The highest BCUT2D eigenvalue weighted by atomic mass is 19.4. The van der Waals surface area contributed by atoms with Gasteiger partial charge in [0.15, 0.2) is 11.9 Å². The van der Waals surface area contributed by atoms with Crippen molar-refractivity contribution in [3.05, 3.63) is 33.9 Å². The average Bonchev–Trinajstić information content (AvgIpc) is 2.27. The lowest BCUT2D eigenvalue weighted by Crippen LogP contribution is -2.23. The van der Waals surface area contributed by atoms with Gasteiger partial charge in [0.25, 0.3) is 0 Å². The summed E-state index contributed by atoms with van der Waals surface area (Å²) in [7, 11) is 0. The summed E-state index contributed by atoms with van der Waals surface area (Å²) in [5.74, 6) is -1.93. The molecule has 1 aromatic rings. The van der Waals surface area contributed by atoms with Gasteiger partial charge in [-0.2, -0.15) is 13.2 Å². The summed E-state index contributed by atoms with van der Waals surface area (Å²) < 4.78 is 41.9. The molecule has 0 heterocycles. The fraction of sp³-hybridized carbons (Fsp3) is 0.300. The number of nitrogens with zero attached hydrogens (tertiary/aromatic N) is 1. The van der Waals surface area contributed by atoms with Gasteiger partial charge >= 0.3 is 17.8 Å². The molecule has 1 aromatic carbocycles. The summed E-state index contributed by atoms with van der Waals surface area (Å²) in [5.41, 5.74) is -2.16. The topological polar surface area (TPSA) is 89.7 Å². The van der Waals surface area contributed by atoms with Crippen molar-refractivity contribution in [2.24, 2.45) is 0 Å². The summed E-state index contributed by atoms with van der Waals surface area (Å²) in [6, 6.07) is 1.60. The molecule has 0 aliphatic rings. The summed E-state index contributed by atoms with van der Waals surface area (Å²) in [6.45, 7) is 1.10. The van der Waals surface area contributed by atoms with Crippen LogP contribution in [0.15, 0.2) is 18.2 Å². The summed E-state index contributed by atoms with van der Waals surface area (Å²) >= 11 is 0. The van der Waals surface area contributed by atoms with Crippen LogP contribution < -0.4 is 4.74 Å². The van der Waals surface area contributed by atoms with Gasteiger partial charge in [-0.05, 0) is 19.1 Å². The van der Waals surface area contributed by atoms with Crippen LogP contribution in [0.5, 0.6) is 5.75 Å². The van der Waals surface area contributed by atoms with Gasteiger partial charge < -0.3 is 9.84 Å². The molecule has 0 saturated carbocycles. The number of alkyl halides is 3. The minimum absolute atomic E-state index is 0.296. The van der Waals surface area contributed by atoms with E-state index in [0.717, 1.165) is 13.0 Å². The molecule has 1 rings (SSSR count). The Morgan fingerprint density at radius 2 is 2.05 bits per heavy atom. The van der Waals surface area contributed by atoms with Gasteiger partial charge in [-0.3, -0.25) is 10.1 Å².